The molecule has 0 fully saturated rings. The number of imidazole rings is 1. The average molecular weight is 423 g/mol. The van der Waals surface area contributed by atoms with E-state index in [1.807, 2.05) is 47.3 Å². The molecule has 0 radical (unpaired) electrons. The monoisotopic (exact) mass is 423 g/mol. The van der Waals surface area contributed by atoms with Crippen LogP contribution >= 0.6 is 0 Å². The van der Waals surface area contributed by atoms with Gasteiger partial charge in [0.1, 0.15) is 11.3 Å². The van der Waals surface area contributed by atoms with Crippen molar-refractivity contribution >= 4 is 33.8 Å². The van der Waals surface area contributed by atoms with Crippen LogP contribution in [0.2, 0.25) is 0 Å². The summed E-state index contributed by atoms with van der Waals surface area (Å²) in [7, 11) is 0. The van der Waals surface area contributed by atoms with Crippen LogP contribution in [0.15, 0.2) is 79.3 Å². The second-order valence-electron chi connectivity index (χ2n) is 7.65. The molecule has 0 spiro atoms. The second kappa shape index (κ2) is 8.11. The van der Waals surface area contributed by atoms with Gasteiger partial charge in [-0.15, -0.1) is 0 Å². The van der Waals surface area contributed by atoms with E-state index in [1.165, 1.54) is 12.5 Å². The van der Waals surface area contributed by atoms with E-state index in [0.29, 0.717) is 23.4 Å². The van der Waals surface area contributed by atoms with Crippen LogP contribution in [0.1, 0.15) is 33.3 Å². The molecule has 0 saturated carbocycles. The van der Waals surface area contributed by atoms with E-state index in [4.69, 9.17) is 0 Å². The summed E-state index contributed by atoms with van der Waals surface area (Å²) in [6, 6.07) is 19.5. The van der Waals surface area contributed by atoms with Gasteiger partial charge in [-0.25, -0.2) is 4.98 Å². The van der Waals surface area contributed by atoms with Gasteiger partial charge in [0.2, 0.25) is 0 Å². The van der Waals surface area contributed by atoms with Gasteiger partial charge in [-0.3, -0.25) is 18.7 Å². The fourth-order valence-corrected chi connectivity index (χ4v) is 3.81. The molecule has 5 rings (SSSR count). The van der Waals surface area contributed by atoms with Crippen LogP contribution in [0.4, 0.5) is 5.69 Å². The fourth-order valence-electron chi connectivity index (χ4n) is 3.81. The Morgan fingerprint density at radius 1 is 1.00 bits per heavy atom. The van der Waals surface area contributed by atoms with Crippen molar-refractivity contribution in [2.45, 2.75) is 13.5 Å². The van der Waals surface area contributed by atoms with E-state index in [9.17, 15) is 9.59 Å². The van der Waals surface area contributed by atoms with Crippen molar-refractivity contribution in [3.8, 4) is 0 Å². The molecule has 0 aliphatic heterocycles. The van der Waals surface area contributed by atoms with Gasteiger partial charge in [0.05, 0.1) is 31.0 Å². The molecule has 32 heavy (non-hydrogen) atoms. The van der Waals surface area contributed by atoms with Gasteiger partial charge in [-0.1, -0.05) is 36.4 Å². The molecule has 0 bridgehead atoms. The zero-order valence-electron chi connectivity index (χ0n) is 17.5. The van der Waals surface area contributed by atoms with Crippen LogP contribution in [-0.2, 0) is 6.54 Å². The number of pyridine rings is 1. The average Bonchev–Trinajstić information content (AvgIpc) is 3.42. The highest BCUT2D eigenvalue weighted by Gasteiger charge is 2.14. The highest BCUT2D eigenvalue weighted by Crippen LogP contribution is 2.24. The lowest BCUT2D eigenvalue weighted by Crippen LogP contribution is -2.16. The molecule has 0 aliphatic rings. The minimum atomic E-state index is -0.0956. The first-order valence-corrected chi connectivity index (χ1v) is 10.3. The molecule has 158 valence electrons. The van der Waals surface area contributed by atoms with Crippen LogP contribution in [-0.4, -0.2) is 37.3 Å². The Morgan fingerprint density at radius 2 is 1.84 bits per heavy atom. The Hall–Kier alpha value is -4.26. The largest absolute Gasteiger partial charge is 0.377 e. The first kappa shape index (κ1) is 19.7. The lowest BCUT2D eigenvalue weighted by molar-refractivity contribution is 0.0997. The summed E-state index contributed by atoms with van der Waals surface area (Å²) in [6.07, 6.45) is 5.07. The van der Waals surface area contributed by atoms with Crippen molar-refractivity contribution in [3.05, 3.63) is 96.1 Å². The molecule has 2 aromatic carbocycles. The molecule has 0 atom stereocenters. The highest BCUT2D eigenvalue weighted by molar-refractivity contribution is 6.00. The Morgan fingerprint density at radius 3 is 2.66 bits per heavy atom. The molecule has 7 nitrogen and oxygen atoms in total. The summed E-state index contributed by atoms with van der Waals surface area (Å²) < 4.78 is 3.66. The topological polar surface area (TPSA) is 81.3 Å². The quantitative estimate of drug-likeness (QED) is 0.396. The van der Waals surface area contributed by atoms with Crippen molar-refractivity contribution in [2.24, 2.45) is 0 Å². The van der Waals surface area contributed by atoms with Gasteiger partial charge >= 0.3 is 0 Å². The first-order chi connectivity index (χ1) is 15.6. The van der Waals surface area contributed by atoms with Gasteiger partial charge in [0.15, 0.2) is 11.6 Å². The number of hydrogen-bond donors (Lipinski definition) is 1. The van der Waals surface area contributed by atoms with E-state index in [-0.39, 0.29) is 18.1 Å². The third-order valence-electron chi connectivity index (χ3n) is 5.51. The van der Waals surface area contributed by atoms with Gasteiger partial charge in [-0.05, 0) is 36.8 Å². The second-order valence-corrected chi connectivity index (χ2v) is 7.65. The van der Waals surface area contributed by atoms with Gasteiger partial charge in [0, 0.05) is 22.8 Å². The number of carbonyl (C=O) groups is 2. The summed E-state index contributed by atoms with van der Waals surface area (Å²) in [6.45, 7) is 2.30. The number of nitrogens with one attached hydrogen (secondary N) is 1. The molecule has 3 aromatic heterocycles. The van der Waals surface area contributed by atoms with Crippen LogP contribution in [0, 0.1) is 0 Å². The summed E-state index contributed by atoms with van der Waals surface area (Å²) in [5, 5.41) is 8.75. The molecule has 5 aromatic rings. The third kappa shape index (κ3) is 3.65. The van der Waals surface area contributed by atoms with Gasteiger partial charge < -0.3 is 5.32 Å². The SMILES string of the molecule is CC(=O)c1ccn2c(C(=O)CNc3cccc4c3cnn4Cc3ccccc3)cnc2c1. The van der Waals surface area contributed by atoms with Crippen molar-refractivity contribution < 1.29 is 9.59 Å². The predicted octanol–water partition coefficient (Wildman–Crippen LogP) is 4.23. The number of benzene rings is 2. The van der Waals surface area contributed by atoms with Gasteiger partial charge in [0.25, 0.3) is 0 Å². The van der Waals surface area contributed by atoms with Crippen molar-refractivity contribution in [2.75, 3.05) is 11.9 Å². The van der Waals surface area contributed by atoms with Crippen LogP contribution in [0.25, 0.3) is 16.6 Å². The Balaban J connectivity index is 1.36. The molecule has 0 amide bonds. The first-order valence-electron chi connectivity index (χ1n) is 10.3. The highest BCUT2D eigenvalue weighted by atomic mass is 16.1. The summed E-state index contributed by atoms with van der Waals surface area (Å²) >= 11 is 0. The van der Waals surface area contributed by atoms with Crippen LogP contribution in [0.3, 0.4) is 0 Å². The summed E-state index contributed by atoms with van der Waals surface area (Å²) in [5.41, 5.74) is 4.63. The molecule has 3 heterocycles. The number of carbonyl (C=O) groups excluding carboxylic acids is 2. The Kier molecular flexibility index (Phi) is 4.99. The zero-order valence-corrected chi connectivity index (χ0v) is 17.5. The third-order valence-corrected chi connectivity index (χ3v) is 5.51. The van der Waals surface area contributed by atoms with E-state index < -0.39 is 0 Å². The van der Waals surface area contributed by atoms with E-state index in [1.54, 1.807) is 28.9 Å². The maximum absolute atomic E-state index is 12.9. The molecule has 0 unspecified atom stereocenters. The minimum Gasteiger partial charge on any atom is -0.377 e. The molecule has 1 N–H and O–H groups in total. The van der Waals surface area contributed by atoms with Crippen molar-refractivity contribution in [1.29, 1.82) is 0 Å². The molecular weight excluding hydrogens is 402 g/mol. The molecule has 0 saturated heterocycles. The molecular formula is C25H21N5O2. The number of hydrogen-bond acceptors (Lipinski definition) is 5. The number of ketones is 2. The van der Waals surface area contributed by atoms with E-state index >= 15 is 0 Å². The summed E-state index contributed by atoms with van der Waals surface area (Å²) in [5.74, 6) is -0.132. The van der Waals surface area contributed by atoms with Crippen LogP contribution < -0.4 is 5.32 Å². The number of rotatable bonds is 7. The lowest BCUT2D eigenvalue weighted by Gasteiger charge is -2.08. The number of Topliss-reactive ketones (excluding diaryl/α,β-unsaturated/α-hetero) is 2. The van der Waals surface area contributed by atoms with E-state index in [0.717, 1.165) is 16.6 Å². The Labute approximate surface area is 184 Å². The number of nitrogens with zero attached hydrogens (tertiary/aromatic N) is 4. The van der Waals surface area contributed by atoms with E-state index in [2.05, 4.69) is 27.5 Å². The van der Waals surface area contributed by atoms with Crippen LogP contribution in [0.5, 0.6) is 0 Å². The summed E-state index contributed by atoms with van der Waals surface area (Å²) in [4.78, 5) is 28.7. The zero-order chi connectivity index (χ0) is 22.1. The van der Waals surface area contributed by atoms with Crippen molar-refractivity contribution in [1.82, 2.24) is 19.2 Å². The number of aromatic nitrogens is 4. The number of anilines is 1. The van der Waals surface area contributed by atoms with Crippen molar-refractivity contribution in [3.63, 3.8) is 0 Å². The molecule has 7 heteroatoms. The number of fused-ring (bicyclic) bond motifs is 2. The maximum Gasteiger partial charge on any atom is 0.200 e. The smallest absolute Gasteiger partial charge is 0.200 e. The molecule has 0 aliphatic carbocycles. The predicted molar refractivity (Wildman–Crippen MR) is 123 cm³/mol. The normalized spacial score (nSPS) is 11.2. The lowest BCUT2D eigenvalue weighted by atomic mass is 10.2. The van der Waals surface area contributed by atoms with Gasteiger partial charge in [-0.2, -0.15) is 5.10 Å². The minimum absolute atomic E-state index is 0.0362. The Bertz CT molecular complexity index is 1450. The fraction of sp³-hybridized carbons (Fsp3) is 0.120. The standard InChI is InChI=1S/C25H21N5O2/c1-17(31)19-10-11-29-23(14-27-25(29)12-19)24(32)15-26-21-8-5-9-22-20(21)13-28-30(22)16-18-6-3-2-4-7-18/h2-14,26H,15-16H2,1H3. The maximum atomic E-state index is 12.9.